The number of anilines is 1. The van der Waals surface area contributed by atoms with Crippen molar-refractivity contribution in [1.29, 1.82) is 0 Å². The molecule has 1 aromatic rings. The summed E-state index contributed by atoms with van der Waals surface area (Å²) >= 11 is 0. The van der Waals surface area contributed by atoms with Gasteiger partial charge in [0.15, 0.2) is 0 Å². The molecule has 0 radical (unpaired) electrons. The zero-order valence-electron chi connectivity index (χ0n) is 18.0. The van der Waals surface area contributed by atoms with E-state index in [0.717, 1.165) is 32.6 Å². The normalized spacial score (nSPS) is 20.8. The Labute approximate surface area is 173 Å². The summed E-state index contributed by atoms with van der Waals surface area (Å²) in [4.78, 5) is 36.8. The van der Waals surface area contributed by atoms with Crippen LogP contribution in [0.15, 0.2) is 4.79 Å². The van der Waals surface area contributed by atoms with Crippen LogP contribution in [-0.4, -0.2) is 72.8 Å². The highest BCUT2D eigenvalue weighted by Crippen LogP contribution is 2.18. The van der Waals surface area contributed by atoms with Gasteiger partial charge in [-0.2, -0.15) is 0 Å². The Balaban J connectivity index is 1.49. The lowest BCUT2D eigenvalue weighted by Gasteiger charge is -2.35. The number of carbonyl (C=O) groups excluding carboxylic acids is 1. The predicted octanol–water partition coefficient (Wildman–Crippen LogP) is 1.08. The number of hydrogen-bond donors (Lipinski definition) is 2. The topological polar surface area (TPSA) is 90.6 Å². The van der Waals surface area contributed by atoms with Crippen LogP contribution >= 0.6 is 0 Å². The first kappa shape index (κ1) is 21.8. The summed E-state index contributed by atoms with van der Waals surface area (Å²) in [6, 6.07) is 0.552. The quantitative estimate of drug-likeness (QED) is 0.706. The zero-order valence-corrected chi connectivity index (χ0v) is 18.0. The maximum Gasteiger partial charge on any atom is 0.255 e. The molecule has 8 nitrogen and oxygen atoms in total. The van der Waals surface area contributed by atoms with E-state index in [1.807, 2.05) is 11.8 Å². The van der Waals surface area contributed by atoms with Gasteiger partial charge in [0, 0.05) is 49.9 Å². The second-order valence-corrected chi connectivity index (χ2v) is 8.45. The largest absolute Gasteiger partial charge is 0.378 e. The number of ether oxygens (including phenoxy) is 1. The maximum absolute atomic E-state index is 12.5. The van der Waals surface area contributed by atoms with Crippen LogP contribution in [0.5, 0.6) is 0 Å². The SMILES string of the molecule is Cc1nc(N2CCOCC2)[nH]c(=O)c1CCC(=O)NCC1CCCN(C(C)C)C1. The maximum atomic E-state index is 12.5. The monoisotopic (exact) mass is 405 g/mol. The molecule has 0 aliphatic carbocycles. The summed E-state index contributed by atoms with van der Waals surface area (Å²) in [6.07, 6.45) is 3.07. The lowest BCUT2D eigenvalue weighted by Crippen LogP contribution is -2.43. The molecule has 0 bridgehead atoms. The molecule has 0 spiro atoms. The number of amides is 1. The first-order valence-corrected chi connectivity index (χ1v) is 10.9. The molecule has 29 heavy (non-hydrogen) atoms. The molecule has 162 valence electrons. The number of morpholine rings is 1. The third-order valence-electron chi connectivity index (χ3n) is 5.99. The van der Waals surface area contributed by atoms with Crippen LogP contribution in [0.1, 0.15) is 44.4 Å². The smallest absolute Gasteiger partial charge is 0.255 e. The fourth-order valence-electron chi connectivity index (χ4n) is 4.13. The van der Waals surface area contributed by atoms with E-state index in [9.17, 15) is 9.59 Å². The van der Waals surface area contributed by atoms with Crippen LogP contribution in [0.2, 0.25) is 0 Å². The molecule has 3 rings (SSSR count). The molecule has 1 atom stereocenters. The van der Waals surface area contributed by atoms with Gasteiger partial charge in [-0.3, -0.25) is 14.6 Å². The minimum atomic E-state index is -0.147. The Morgan fingerprint density at radius 3 is 2.76 bits per heavy atom. The summed E-state index contributed by atoms with van der Waals surface area (Å²) in [5, 5.41) is 3.06. The number of likely N-dealkylation sites (tertiary alicyclic amines) is 1. The van der Waals surface area contributed by atoms with Crippen LogP contribution in [0.4, 0.5) is 5.95 Å². The first-order valence-electron chi connectivity index (χ1n) is 10.9. The van der Waals surface area contributed by atoms with Gasteiger partial charge in [0.1, 0.15) is 0 Å². The van der Waals surface area contributed by atoms with Crippen molar-refractivity contribution in [1.82, 2.24) is 20.2 Å². The van der Waals surface area contributed by atoms with Crippen molar-refractivity contribution in [3.63, 3.8) is 0 Å². The van der Waals surface area contributed by atoms with Gasteiger partial charge >= 0.3 is 0 Å². The van der Waals surface area contributed by atoms with E-state index in [0.29, 0.717) is 61.8 Å². The molecule has 1 aromatic heterocycles. The van der Waals surface area contributed by atoms with Crippen LogP contribution in [0.3, 0.4) is 0 Å². The van der Waals surface area contributed by atoms with E-state index in [2.05, 4.69) is 34.0 Å². The van der Waals surface area contributed by atoms with Gasteiger partial charge in [0.2, 0.25) is 11.9 Å². The number of H-pyrrole nitrogens is 1. The zero-order chi connectivity index (χ0) is 20.8. The highest BCUT2D eigenvalue weighted by atomic mass is 16.5. The van der Waals surface area contributed by atoms with Crippen molar-refractivity contribution in [2.75, 3.05) is 50.8 Å². The highest BCUT2D eigenvalue weighted by Gasteiger charge is 2.22. The predicted molar refractivity (Wildman–Crippen MR) is 113 cm³/mol. The molecule has 1 unspecified atom stereocenters. The van der Waals surface area contributed by atoms with Crippen molar-refractivity contribution < 1.29 is 9.53 Å². The third kappa shape index (κ3) is 6.02. The molecule has 2 fully saturated rings. The van der Waals surface area contributed by atoms with Crippen LogP contribution in [0.25, 0.3) is 0 Å². The molecule has 0 aromatic carbocycles. The van der Waals surface area contributed by atoms with E-state index in [-0.39, 0.29) is 11.5 Å². The van der Waals surface area contributed by atoms with E-state index >= 15 is 0 Å². The fourth-order valence-corrected chi connectivity index (χ4v) is 4.13. The molecule has 2 aliphatic heterocycles. The summed E-state index contributed by atoms with van der Waals surface area (Å²) in [5.41, 5.74) is 1.15. The van der Waals surface area contributed by atoms with Crippen molar-refractivity contribution in [3.05, 3.63) is 21.6 Å². The number of piperidine rings is 1. The standard InChI is InChI=1S/C21H35N5O3/c1-15(2)26-8-4-5-17(14-26)13-22-19(27)7-6-18-16(3)23-21(24-20(18)28)25-9-11-29-12-10-25/h15,17H,4-14H2,1-3H3,(H,22,27)(H,23,24,28). The number of nitrogens with one attached hydrogen (secondary N) is 2. The summed E-state index contributed by atoms with van der Waals surface area (Å²) in [5.74, 6) is 1.11. The highest BCUT2D eigenvalue weighted by molar-refractivity contribution is 5.76. The van der Waals surface area contributed by atoms with Crippen molar-refractivity contribution >= 4 is 11.9 Å². The molecular weight excluding hydrogens is 370 g/mol. The van der Waals surface area contributed by atoms with Gasteiger partial charge in [-0.15, -0.1) is 0 Å². The molecular formula is C21H35N5O3. The third-order valence-corrected chi connectivity index (χ3v) is 5.99. The van der Waals surface area contributed by atoms with E-state index in [1.165, 1.54) is 6.42 Å². The van der Waals surface area contributed by atoms with Crippen LogP contribution in [0, 0.1) is 12.8 Å². The van der Waals surface area contributed by atoms with Gasteiger partial charge in [-0.1, -0.05) is 0 Å². The Morgan fingerprint density at radius 1 is 1.31 bits per heavy atom. The Morgan fingerprint density at radius 2 is 2.07 bits per heavy atom. The number of nitrogens with zero attached hydrogens (tertiary/aromatic N) is 3. The first-order chi connectivity index (χ1) is 13.9. The molecule has 8 heteroatoms. The van der Waals surface area contributed by atoms with Crippen LogP contribution < -0.4 is 15.8 Å². The lowest BCUT2D eigenvalue weighted by atomic mass is 9.97. The molecule has 2 saturated heterocycles. The Kier molecular flexibility index (Phi) is 7.66. The average Bonchev–Trinajstić information content (AvgIpc) is 2.72. The average molecular weight is 406 g/mol. The van der Waals surface area contributed by atoms with Crippen molar-refractivity contribution in [2.24, 2.45) is 5.92 Å². The van der Waals surface area contributed by atoms with E-state index in [1.54, 1.807) is 0 Å². The Hall–Kier alpha value is -1.93. The number of aromatic nitrogens is 2. The van der Waals surface area contributed by atoms with Crippen LogP contribution in [-0.2, 0) is 16.0 Å². The number of hydrogen-bond acceptors (Lipinski definition) is 6. The van der Waals surface area contributed by atoms with Gasteiger partial charge < -0.3 is 19.9 Å². The van der Waals surface area contributed by atoms with Gasteiger partial charge in [-0.25, -0.2) is 4.98 Å². The van der Waals surface area contributed by atoms with Gasteiger partial charge in [0.25, 0.3) is 5.56 Å². The van der Waals surface area contributed by atoms with E-state index in [4.69, 9.17) is 4.74 Å². The van der Waals surface area contributed by atoms with Crippen molar-refractivity contribution in [2.45, 2.75) is 52.5 Å². The number of carbonyl (C=O) groups is 1. The second kappa shape index (κ2) is 10.2. The van der Waals surface area contributed by atoms with Gasteiger partial charge in [0.05, 0.1) is 13.2 Å². The number of aromatic amines is 1. The molecule has 2 N–H and O–H groups in total. The minimum absolute atomic E-state index is 0.00252. The second-order valence-electron chi connectivity index (χ2n) is 8.45. The molecule has 2 aliphatic rings. The van der Waals surface area contributed by atoms with E-state index < -0.39 is 0 Å². The Bertz CT molecular complexity index is 742. The molecule has 0 saturated carbocycles. The summed E-state index contributed by atoms with van der Waals surface area (Å²) in [7, 11) is 0. The minimum Gasteiger partial charge on any atom is -0.378 e. The lowest BCUT2D eigenvalue weighted by molar-refractivity contribution is -0.121. The molecule has 3 heterocycles. The van der Waals surface area contributed by atoms with Crippen molar-refractivity contribution in [3.8, 4) is 0 Å². The van der Waals surface area contributed by atoms with Gasteiger partial charge in [-0.05, 0) is 52.5 Å². The summed E-state index contributed by atoms with van der Waals surface area (Å²) in [6.45, 7) is 11.9. The number of aryl methyl sites for hydroxylation is 1. The molecule has 1 amide bonds. The summed E-state index contributed by atoms with van der Waals surface area (Å²) < 4.78 is 5.35. The fraction of sp³-hybridized carbons (Fsp3) is 0.762. The number of rotatable bonds is 7.